The van der Waals surface area contributed by atoms with Crippen molar-refractivity contribution < 1.29 is 19.1 Å². The van der Waals surface area contributed by atoms with E-state index in [0.717, 1.165) is 37.7 Å². The molecular formula is C20H29FN2O3. The van der Waals surface area contributed by atoms with Crippen molar-refractivity contribution >= 4 is 11.9 Å². The number of aliphatic carboxylic acids is 1. The molecule has 0 radical (unpaired) electrons. The summed E-state index contributed by atoms with van der Waals surface area (Å²) in [5, 5.41) is 15.1. The summed E-state index contributed by atoms with van der Waals surface area (Å²) in [6.07, 6.45) is 4.80. The highest BCUT2D eigenvalue weighted by Crippen LogP contribution is 2.40. The second-order valence-corrected chi connectivity index (χ2v) is 7.35. The number of hydrogen-bond acceptors (Lipinski definition) is 3. The fraction of sp³-hybridized carbons (Fsp3) is 0.600. The highest BCUT2D eigenvalue weighted by atomic mass is 19.1. The molecule has 2 atom stereocenters. The summed E-state index contributed by atoms with van der Waals surface area (Å²) in [6, 6.07) is 5.79. The van der Waals surface area contributed by atoms with Crippen molar-refractivity contribution in [1.82, 2.24) is 10.6 Å². The lowest BCUT2D eigenvalue weighted by atomic mass is 9.79. The third-order valence-electron chi connectivity index (χ3n) is 5.60. The molecule has 0 aromatic heterocycles. The fourth-order valence-electron chi connectivity index (χ4n) is 3.72. The second-order valence-electron chi connectivity index (χ2n) is 7.35. The summed E-state index contributed by atoms with van der Waals surface area (Å²) in [5.41, 5.74) is 0.888. The van der Waals surface area contributed by atoms with Gasteiger partial charge in [0, 0.05) is 12.0 Å². The number of carbonyl (C=O) groups excluding carboxylic acids is 1. The molecule has 1 amide bonds. The number of amides is 1. The molecule has 0 bridgehead atoms. The van der Waals surface area contributed by atoms with Gasteiger partial charge in [-0.1, -0.05) is 45.2 Å². The number of benzene rings is 1. The summed E-state index contributed by atoms with van der Waals surface area (Å²) in [7, 11) is 0. The second kappa shape index (κ2) is 9.12. The largest absolute Gasteiger partial charge is 0.480 e. The molecule has 1 aromatic rings. The van der Waals surface area contributed by atoms with Crippen LogP contribution in [0.3, 0.4) is 0 Å². The molecule has 5 nitrogen and oxygen atoms in total. The van der Waals surface area contributed by atoms with Crippen molar-refractivity contribution in [2.24, 2.45) is 5.92 Å². The van der Waals surface area contributed by atoms with E-state index in [1.165, 1.54) is 12.1 Å². The van der Waals surface area contributed by atoms with Gasteiger partial charge in [0.1, 0.15) is 11.9 Å². The minimum Gasteiger partial charge on any atom is -0.480 e. The number of halogens is 1. The highest BCUT2D eigenvalue weighted by molar-refractivity contribution is 5.80. The first-order valence-corrected chi connectivity index (χ1v) is 9.37. The zero-order chi connectivity index (χ0) is 19.2. The van der Waals surface area contributed by atoms with Crippen LogP contribution in [0.1, 0.15) is 51.5 Å². The van der Waals surface area contributed by atoms with E-state index in [9.17, 15) is 19.1 Å². The summed E-state index contributed by atoms with van der Waals surface area (Å²) >= 11 is 0. The van der Waals surface area contributed by atoms with Crippen LogP contribution in [0.15, 0.2) is 24.3 Å². The van der Waals surface area contributed by atoms with E-state index in [-0.39, 0.29) is 29.6 Å². The maximum Gasteiger partial charge on any atom is 0.320 e. The first kappa shape index (κ1) is 20.4. The van der Waals surface area contributed by atoms with E-state index in [1.807, 2.05) is 13.8 Å². The monoisotopic (exact) mass is 364 g/mol. The van der Waals surface area contributed by atoms with Crippen LogP contribution < -0.4 is 10.6 Å². The van der Waals surface area contributed by atoms with Crippen LogP contribution in [0.2, 0.25) is 0 Å². The molecule has 2 rings (SSSR count). The third kappa shape index (κ3) is 5.04. The van der Waals surface area contributed by atoms with Crippen molar-refractivity contribution in [1.29, 1.82) is 0 Å². The summed E-state index contributed by atoms with van der Waals surface area (Å²) < 4.78 is 13.2. The summed E-state index contributed by atoms with van der Waals surface area (Å²) in [5.74, 6) is -1.47. The number of carboxylic acids is 1. The van der Waals surface area contributed by atoms with Gasteiger partial charge in [-0.05, 0) is 36.5 Å². The molecule has 0 heterocycles. The van der Waals surface area contributed by atoms with Gasteiger partial charge in [0.05, 0.1) is 6.54 Å². The van der Waals surface area contributed by atoms with E-state index >= 15 is 0 Å². The molecular weight excluding hydrogens is 335 g/mol. The van der Waals surface area contributed by atoms with Crippen LogP contribution in [0.4, 0.5) is 4.39 Å². The first-order valence-electron chi connectivity index (χ1n) is 9.37. The Morgan fingerprint density at radius 2 is 1.85 bits per heavy atom. The standard InChI is InChI=1S/C20H29FN2O3/c1-3-14(2)18(19(25)26)22-12-17(24)23-13-20(10-4-5-11-20)15-6-8-16(21)9-7-15/h6-9,14,18,22H,3-5,10-13H2,1-2H3,(H,23,24)(H,25,26)/t14-,18-/m0/s1. The third-order valence-corrected chi connectivity index (χ3v) is 5.60. The Labute approximate surface area is 154 Å². The molecule has 0 saturated heterocycles. The van der Waals surface area contributed by atoms with Crippen LogP contribution in [0, 0.1) is 11.7 Å². The molecule has 3 N–H and O–H groups in total. The number of hydrogen-bond donors (Lipinski definition) is 3. The van der Waals surface area contributed by atoms with Gasteiger partial charge in [0.2, 0.25) is 5.91 Å². The molecule has 0 unspecified atom stereocenters. The van der Waals surface area contributed by atoms with E-state index in [0.29, 0.717) is 6.54 Å². The zero-order valence-electron chi connectivity index (χ0n) is 15.6. The normalized spacial score (nSPS) is 18.3. The van der Waals surface area contributed by atoms with Crippen LogP contribution in [-0.4, -0.2) is 36.1 Å². The predicted molar refractivity (Wildman–Crippen MR) is 98.4 cm³/mol. The smallest absolute Gasteiger partial charge is 0.320 e. The van der Waals surface area contributed by atoms with Crippen LogP contribution in [-0.2, 0) is 15.0 Å². The van der Waals surface area contributed by atoms with E-state index < -0.39 is 12.0 Å². The van der Waals surface area contributed by atoms with Gasteiger partial charge >= 0.3 is 5.97 Å². The number of nitrogens with one attached hydrogen (secondary N) is 2. The SMILES string of the molecule is CC[C@H](C)[C@H](NCC(=O)NCC1(c2ccc(F)cc2)CCCC1)C(=O)O. The van der Waals surface area contributed by atoms with Crippen molar-refractivity contribution in [3.05, 3.63) is 35.6 Å². The molecule has 1 aromatic carbocycles. The average molecular weight is 364 g/mol. The Morgan fingerprint density at radius 3 is 2.38 bits per heavy atom. The van der Waals surface area contributed by atoms with Gasteiger partial charge in [0.15, 0.2) is 0 Å². The maximum atomic E-state index is 13.2. The minimum absolute atomic E-state index is 0.0270. The molecule has 1 aliphatic carbocycles. The number of rotatable bonds is 9. The van der Waals surface area contributed by atoms with E-state index in [4.69, 9.17) is 0 Å². The minimum atomic E-state index is -0.939. The molecule has 0 spiro atoms. The highest BCUT2D eigenvalue weighted by Gasteiger charge is 2.36. The fourth-order valence-corrected chi connectivity index (χ4v) is 3.72. The average Bonchev–Trinajstić information content (AvgIpc) is 3.10. The lowest BCUT2D eigenvalue weighted by molar-refractivity contribution is -0.141. The van der Waals surface area contributed by atoms with Gasteiger partial charge in [0.25, 0.3) is 0 Å². The van der Waals surface area contributed by atoms with Gasteiger partial charge < -0.3 is 10.4 Å². The summed E-state index contributed by atoms with van der Waals surface area (Å²) in [6.45, 7) is 4.24. The molecule has 1 saturated carbocycles. The van der Waals surface area contributed by atoms with E-state index in [1.54, 1.807) is 12.1 Å². The van der Waals surface area contributed by atoms with Gasteiger partial charge in [-0.2, -0.15) is 0 Å². The zero-order valence-corrected chi connectivity index (χ0v) is 15.6. The van der Waals surface area contributed by atoms with Crippen molar-refractivity contribution in [2.75, 3.05) is 13.1 Å². The molecule has 1 aliphatic rings. The Bertz CT molecular complexity index is 612. The number of carboxylic acid groups (broad SMARTS) is 1. The molecule has 144 valence electrons. The van der Waals surface area contributed by atoms with Crippen molar-refractivity contribution in [3.8, 4) is 0 Å². The van der Waals surface area contributed by atoms with Gasteiger partial charge in [-0.25, -0.2) is 4.39 Å². The Hall–Kier alpha value is -1.95. The summed E-state index contributed by atoms with van der Waals surface area (Å²) in [4.78, 5) is 23.6. The Morgan fingerprint density at radius 1 is 1.23 bits per heavy atom. The lowest BCUT2D eigenvalue weighted by Gasteiger charge is -2.30. The Kier molecular flexibility index (Phi) is 7.14. The van der Waals surface area contributed by atoms with Crippen molar-refractivity contribution in [2.45, 2.75) is 57.4 Å². The lowest BCUT2D eigenvalue weighted by Crippen LogP contribution is -2.48. The van der Waals surface area contributed by atoms with E-state index in [2.05, 4.69) is 10.6 Å². The first-order chi connectivity index (χ1) is 12.4. The molecule has 6 heteroatoms. The van der Waals surface area contributed by atoms with Crippen LogP contribution in [0.5, 0.6) is 0 Å². The van der Waals surface area contributed by atoms with Gasteiger partial charge in [-0.15, -0.1) is 0 Å². The van der Waals surface area contributed by atoms with Crippen molar-refractivity contribution in [3.63, 3.8) is 0 Å². The number of carbonyl (C=O) groups is 2. The maximum absolute atomic E-state index is 13.2. The predicted octanol–water partition coefficient (Wildman–Crippen LogP) is 2.84. The quantitative estimate of drug-likeness (QED) is 0.630. The topological polar surface area (TPSA) is 78.4 Å². The molecule has 0 aliphatic heterocycles. The Balaban J connectivity index is 1.93. The van der Waals surface area contributed by atoms with Crippen LogP contribution in [0.25, 0.3) is 0 Å². The van der Waals surface area contributed by atoms with Crippen LogP contribution >= 0.6 is 0 Å². The molecule has 26 heavy (non-hydrogen) atoms. The molecule has 1 fully saturated rings. The van der Waals surface area contributed by atoms with Gasteiger partial charge in [-0.3, -0.25) is 14.9 Å².